The van der Waals surface area contributed by atoms with Crippen LogP contribution in [0.5, 0.6) is 0 Å². The number of Topliss-reactive ketones (excluding diaryl/α,β-unsaturated/α-hetero) is 1. The van der Waals surface area contributed by atoms with Gasteiger partial charge < -0.3 is 30.3 Å². The Morgan fingerprint density at radius 3 is 2.41 bits per heavy atom. The first kappa shape index (κ1) is 33.8. The first-order valence-electron chi connectivity index (χ1n) is 15.8. The van der Waals surface area contributed by atoms with Gasteiger partial charge in [-0.3, -0.25) is 4.79 Å². The van der Waals surface area contributed by atoms with E-state index in [4.69, 9.17) is 9.47 Å². The van der Waals surface area contributed by atoms with Gasteiger partial charge in [0.05, 0.1) is 6.10 Å². The van der Waals surface area contributed by atoms with Crippen LogP contribution in [0.2, 0.25) is 0 Å². The van der Waals surface area contributed by atoms with Crippen molar-refractivity contribution in [3.8, 4) is 0 Å². The van der Waals surface area contributed by atoms with Crippen molar-refractivity contribution >= 4 is 17.8 Å². The number of aliphatic hydroxyl groups excluding tert-OH is 2. The zero-order valence-corrected chi connectivity index (χ0v) is 26.5. The van der Waals surface area contributed by atoms with Gasteiger partial charge in [0, 0.05) is 36.8 Å². The highest BCUT2D eigenvalue weighted by Gasteiger charge is 2.69. The van der Waals surface area contributed by atoms with E-state index in [0.717, 1.165) is 45.1 Å². The first-order chi connectivity index (χ1) is 19.1. The lowest BCUT2D eigenvalue weighted by atomic mass is 9.43. The van der Waals surface area contributed by atoms with Crippen LogP contribution in [0.15, 0.2) is 0 Å². The zero-order valence-electron chi connectivity index (χ0n) is 26.5. The van der Waals surface area contributed by atoms with E-state index in [0.29, 0.717) is 32.4 Å². The standard InChI is InChI=1S/C32H56N2O7/c1-8-30(6)18-24(40-25(37)20-35)31(7)21(2)12-14-32(15-13-23(36)26(31)32)22(27(30)38)19-33-16-10-9-11-17-34-28(39)41-29(3,4)5/h21-22,24,26-27,33,35,38H,8-20H2,1-7H3,(H,34,39)/t21-,22?,24-,26?,27?,30+,31+,32?/m1/s1. The molecule has 0 spiro atoms. The molecule has 3 saturated carbocycles. The van der Waals surface area contributed by atoms with E-state index in [-0.39, 0.29) is 29.0 Å². The Morgan fingerprint density at radius 2 is 1.78 bits per heavy atom. The molecule has 3 aliphatic rings. The Labute approximate surface area is 246 Å². The van der Waals surface area contributed by atoms with Crippen LogP contribution >= 0.6 is 0 Å². The number of rotatable bonds is 11. The number of nitrogens with one attached hydrogen (secondary N) is 2. The molecule has 41 heavy (non-hydrogen) atoms. The van der Waals surface area contributed by atoms with Gasteiger partial charge in [0.2, 0.25) is 0 Å². The summed E-state index contributed by atoms with van der Waals surface area (Å²) in [5, 5.41) is 28.0. The molecular weight excluding hydrogens is 524 g/mol. The van der Waals surface area contributed by atoms with Crippen molar-refractivity contribution in [2.75, 3.05) is 26.2 Å². The van der Waals surface area contributed by atoms with Gasteiger partial charge in [-0.2, -0.15) is 0 Å². The van der Waals surface area contributed by atoms with E-state index in [9.17, 15) is 24.6 Å². The fourth-order valence-electron chi connectivity index (χ4n) is 8.28. The Balaban J connectivity index is 1.73. The number of aliphatic hydroxyl groups is 2. The summed E-state index contributed by atoms with van der Waals surface area (Å²) >= 11 is 0. The smallest absolute Gasteiger partial charge is 0.407 e. The number of hydrogen-bond donors (Lipinski definition) is 4. The maximum Gasteiger partial charge on any atom is 0.407 e. The van der Waals surface area contributed by atoms with Crippen LogP contribution in [-0.4, -0.2) is 72.1 Å². The predicted molar refractivity (Wildman–Crippen MR) is 157 cm³/mol. The van der Waals surface area contributed by atoms with Crippen molar-refractivity contribution in [3.05, 3.63) is 0 Å². The van der Waals surface area contributed by atoms with E-state index in [1.807, 2.05) is 20.8 Å². The van der Waals surface area contributed by atoms with Crippen molar-refractivity contribution in [2.24, 2.45) is 34.0 Å². The molecule has 9 nitrogen and oxygen atoms in total. The average Bonchev–Trinajstić information content (AvgIpc) is 3.25. The number of amides is 1. The second-order valence-electron chi connectivity index (χ2n) is 14.5. The maximum absolute atomic E-state index is 13.7. The fraction of sp³-hybridized carbons (Fsp3) is 0.906. The Hall–Kier alpha value is -1.71. The normalized spacial score (nSPS) is 37.1. The Morgan fingerprint density at radius 1 is 1.10 bits per heavy atom. The van der Waals surface area contributed by atoms with Crippen molar-refractivity contribution in [3.63, 3.8) is 0 Å². The summed E-state index contributed by atoms with van der Waals surface area (Å²) in [6, 6.07) is 0. The molecule has 8 atom stereocenters. The number of ketones is 1. The summed E-state index contributed by atoms with van der Waals surface area (Å²) in [5.41, 5.74) is -1.94. The van der Waals surface area contributed by atoms with Gasteiger partial charge in [-0.25, -0.2) is 9.59 Å². The largest absolute Gasteiger partial charge is 0.460 e. The van der Waals surface area contributed by atoms with E-state index >= 15 is 0 Å². The number of alkyl carbamates (subject to hydrolysis) is 1. The molecule has 236 valence electrons. The quantitative estimate of drug-likeness (QED) is 0.209. The molecule has 9 heteroatoms. The number of hydrogen-bond acceptors (Lipinski definition) is 8. The molecular formula is C32H56N2O7. The van der Waals surface area contributed by atoms with Crippen LogP contribution in [0.1, 0.15) is 106 Å². The minimum Gasteiger partial charge on any atom is -0.460 e. The molecule has 3 rings (SSSR count). The Kier molecular flexibility index (Phi) is 11.0. The highest BCUT2D eigenvalue weighted by molar-refractivity contribution is 5.85. The van der Waals surface area contributed by atoms with Crippen LogP contribution in [-0.2, 0) is 19.1 Å². The molecule has 4 unspecified atom stereocenters. The summed E-state index contributed by atoms with van der Waals surface area (Å²) in [7, 11) is 0. The average molecular weight is 581 g/mol. The molecule has 0 saturated heterocycles. The van der Waals surface area contributed by atoms with Crippen molar-refractivity contribution in [1.29, 1.82) is 0 Å². The number of unbranched alkanes of at least 4 members (excludes halogenated alkanes) is 2. The van der Waals surface area contributed by atoms with Gasteiger partial charge >= 0.3 is 12.1 Å². The lowest BCUT2D eigenvalue weighted by Crippen LogP contribution is -2.65. The van der Waals surface area contributed by atoms with E-state index in [1.54, 1.807) is 0 Å². The number of ether oxygens (including phenoxy) is 2. The van der Waals surface area contributed by atoms with Crippen molar-refractivity contribution < 1.29 is 34.1 Å². The minimum absolute atomic E-state index is 0.0981. The number of carbonyl (C=O) groups is 3. The van der Waals surface area contributed by atoms with Gasteiger partial charge in [-0.05, 0) is 89.0 Å². The molecule has 0 aromatic heterocycles. The summed E-state index contributed by atoms with van der Waals surface area (Å²) in [6.45, 7) is 15.3. The molecule has 2 bridgehead atoms. The molecule has 3 fully saturated rings. The molecule has 0 aromatic rings. The van der Waals surface area contributed by atoms with Gasteiger partial charge in [-0.15, -0.1) is 0 Å². The molecule has 1 amide bonds. The summed E-state index contributed by atoms with van der Waals surface area (Å²) in [5.74, 6) is -0.675. The maximum atomic E-state index is 13.7. The second-order valence-corrected chi connectivity index (χ2v) is 14.5. The van der Waals surface area contributed by atoms with Crippen molar-refractivity contribution in [2.45, 2.75) is 124 Å². The third kappa shape index (κ3) is 7.10. The molecule has 4 N–H and O–H groups in total. The third-order valence-electron chi connectivity index (χ3n) is 10.9. The molecule has 0 aromatic carbocycles. The highest BCUT2D eigenvalue weighted by Crippen LogP contribution is 2.68. The highest BCUT2D eigenvalue weighted by atomic mass is 16.6. The SMILES string of the molecule is CC[C@@]1(C)C[C@@H](OC(=O)CO)[C@@]2(C)C3C(=O)CCC3(CC[C@H]2C)C(CNCCCCCNC(=O)OC(C)(C)C)C1O. The summed E-state index contributed by atoms with van der Waals surface area (Å²) in [4.78, 5) is 37.9. The van der Waals surface area contributed by atoms with Crippen LogP contribution < -0.4 is 10.6 Å². The van der Waals surface area contributed by atoms with Crippen LogP contribution in [0.4, 0.5) is 4.79 Å². The zero-order chi connectivity index (χ0) is 30.6. The third-order valence-corrected chi connectivity index (χ3v) is 10.9. The molecule has 3 aliphatic carbocycles. The first-order valence-corrected chi connectivity index (χ1v) is 15.8. The molecule has 0 heterocycles. The lowest BCUT2D eigenvalue weighted by Gasteiger charge is -2.62. The van der Waals surface area contributed by atoms with Crippen LogP contribution in [0.3, 0.4) is 0 Å². The van der Waals surface area contributed by atoms with Crippen LogP contribution in [0, 0.1) is 34.0 Å². The molecule has 0 aliphatic heterocycles. The predicted octanol–water partition coefficient (Wildman–Crippen LogP) is 4.37. The van der Waals surface area contributed by atoms with E-state index in [1.165, 1.54) is 0 Å². The topological polar surface area (TPSA) is 134 Å². The van der Waals surface area contributed by atoms with Gasteiger partial charge in [0.25, 0.3) is 0 Å². The van der Waals surface area contributed by atoms with E-state index in [2.05, 4.69) is 38.3 Å². The van der Waals surface area contributed by atoms with Crippen LogP contribution in [0.25, 0.3) is 0 Å². The summed E-state index contributed by atoms with van der Waals surface area (Å²) in [6.07, 6.45) is 5.32. The van der Waals surface area contributed by atoms with Gasteiger partial charge in [0.1, 0.15) is 24.1 Å². The summed E-state index contributed by atoms with van der Waals surface area (Å²) < 4.78 is 11.2. The molecule has 0 radical (unpaired) electrons. The minimum atomic E-state index is -0.695. The number of carbonyl (C=O) groups excluding carboxylic acids is 3. The van der Waals surface area contributed by atoms with Crippen molar-refractivity contribution in [1.82, 2.24) is 10.6 Å². The number of esters is 1. The van der Waals surface area contributed by atoms with Gasteiger partial charge in [0.15, 0.2) is 0 Å². The Bertz CT molecular complexity index is 935. The second kappa shape index (κ2) is 13.3. The van der Waals surface area contributed by atoms with E-state index < -0.39 is 47.3 Å². The van der Waals surface area contributed by atoms with Gasteiger partial charge in [-0.1, -0.05) is 34.1 Å². The lowest BCUT2D eigenvalue weighted by molar-refractivity contribution is -0.214. The monoisotopic (exact) mass is 580 g/mol. The fourth-order valence-corrected chi connectivity index (χ4v) is 8.28.